The highest BCUT2D eigenvalue weighted by Crippen LogP contribution is 2.36. The minimum atomic E-state index is -0.864. The molecule has 0 unspecified atom stereocenters. The molecule has 2 aromatic carbocycles. The van der Waals surface area contributed by atoms with Gasteiger partial charge >= 0.3 is 6.03 Å². The molecule has 144 valence electrons. The Labute approximate surface area is 173 Å². The quantitative estimate of drug-likeness (QED) is 0.531. The molecule has 28 heavy (non-hydrogen) atoms. The number of phenolic OH excluding ortho intramolecular Hbond substituents is 1. The van der Waals surface area contributed by atoms with Crippen LogP contribution < -0.4 is 15.0 Å². The van der Waals surface area contributed by atoms with E-state index in [1.165, 1.54) is 31.4 Å². The molecule has 0 aliphatic carbocycles. The number of phenols is 1. The Balaban J connectivity index is 2.06. The number of imide groups is 2. The van der Waals surface area contributed by atoms with Gasteiger partial charge in [-0.25, -0.2) is 9.69 Å². The third-order valence-electron chi connectivity index (χ3n) is 4.10. The largest absolute Gasteiger partial charge is 0.503 e. The summed E-state index contributed by atoms with van der Waals surface area (Å²) in [6.45, 7) is 1.79. The zero-order chi connectivity index (χ0) is 20.6. The SMILES string of the molecule is COc1cc(/C=C2/C(=O)NC(=O)N(c3ccc(C)c(Cl)c3)C2=O)cc(Br)c1O. The van der Waals surface area contributed by atoms with Gasteiger partial charge in [-0.05, 0) is 64.3 Å². The van der Waals surface area contributed by atoms with E-state index in [1.54, 1.807) is 19.1 Å². The van der Waals surface area contributed by atoms with E-state index in [-0.39, 0.29) is 22.8 Å². The first-order valence-corrected chi connectivity index (χ1v) is 9.14. The summed E-state index contributed by atoms with van der Waals surface area (Å²) in [6.07, 6.45) is 1.31. The van der Waals surface area contributed by atoms with Crippen LogP contribution in [0.3, 0.4) is 0 Å². The number of carbonyl (C=O) groups excluding carboxylic acids is 3. The van der Waals surface area contributed by atoms with Crippen molar-refractivity contribution in [3.05, 3.63) is 56.5 Å². The Bertz CT molecular complexity index is 1050. The first-order valence-electron chi connectivity index (χ1n) is 7.97. The highest BCUT2D eigenvalue weighted by molar-refractivity contribution is 9.10. The number of nitrogens with one attached hydrogen (secondary N) is 1. The number of aryl methyl sites for hydroxylation is 1. The van der Waals surface area contributed by atoms with Gasteiger partial charge < -0.3 is 9.84 Å². The topological polar surface area (TPSA) is 95.9 Å². The zero-order valence-electron chi connectivity index (χ0n) is 14.7. The molecule has 1 fully saturated rings. The fraction of sp³-hybridized carbons (Fsp3) is 0.105. The Kier molecular flexibility index (Phi) is 5.44. The molecule has 7 nitrogen and oxygen atoms in total. The number of hydrogen-bond acceptors (Lipinski definition) is 5. The molecule has 3 rings (SSSR count). The van der Waals surface area contributed by atoms with Gasteiger partial charge in [0.05, 0.1) is 17.3 Å². The second kappa shape index (κ2) is 7.65. The normalized spacial score (nSPS) is 15.8. The molecule has 2 aromatic rings. The molecule has 1 aliphatic rings. The van der Waals surface area contributed by atoms with Crippen LogP contribution in [0.5, 0.6) is 11.5 Å². The number of urea groups is 1. The molecular weight excluding hydrogens is 452 g/mol. The molecular formula is C19H14BrClN2O5. The minimum absolute atomic E-state index is 0.116. The van der Waals surface area contributed by atoms with Gasteiger partial charge in [0.25, 0.3) is 11.8 Å². The van der Waals surface area contributed by atoms with Crippen molar-refractivity contribution < 1.29 is 24.2 Å². The maximum atomic E-state index is 12.9. The van der Waals surface area contributed by atoms with E-state index in [0.717, 1.165) is 10.5 Å². The third kappa shape index (κ3) is 3.61. The van der Waals surface area contributed by atoms with Crippen LogP contribution in [0.2, 0.25) is 5.02 Å². The number of nitrogens with zero attached hydrogens (tertiary/aromatic N) is 1. The monoisotopic (exact) mass is 464 g/mol. The van der Waals surface area contributed by atoms with E-state index in [1.807, 2.05) is 0 Å². The molecule has 1 aliphatic heterocycles. The van der Waals surface area contributed by atoms with E-state index < -0.39 is 17.8 Å². The van der Waals surface area contributed by atoms with Crippen LogP contribution in [-0.2, 0) is 9.59 Å². The Morgan fingerprint density at radius 3 is 2.57 bits per heavy atom. The standard InChI is InChI=1S/C19H14BrClN2O5/c1-9-3-4-11(8-14(9)21)23-18(26)12(17(25)22-19(23)27)5-10-6-13(20)16(24)15(7-10)28-2/h3-8,24H,1-2H3,(H,22,25,27)/b12-5-. The predicted octanol–water partition coefficient (Wildman–Crippen LogP) is 3.79. The lowest BCUT2D eigenvalue weighted by Crippen LogP contribution is -2.54. The molecule has 4 amide bonds. The van der Waals surface area contributed by atoms with E-state index in [2.05, 4.69) is 21.2 Å². The van der Waals surface area contributed by atoms with Crippen molar-refractivity contribution in [3.63, 3.8) is 0 Å². The van der Waals surface area contributed by atoms with Crippen LogP contribution >= 0.6 is 27.5 Å². The number of carbonyl (C=O) groups is 3. The minimum Gasteiger partial charge on any atom is -0.503 e. The number of rotatable bonds is 3. The predicted molar refractivity (Wildman–Crippen MR) is 108 cm³/mol. The zero-order valence-corrected chi connectivity index (χ0v) is 17.1. The van der Waals surface area contributed by atoms with Crippen LogP contribution in [0.4, 0.5) is 10.5 Å². The molecule has 1 saturated heterocycles. The maximum Gasteiger partial charge on any atom is 0.335 e. The number of benzene rings is 2. The molecule has 0 aromatic heterocycles. The van der Waals surface area contributed by atoms with Crippen molar-refractivity contribution >= 4 is 57.1 Å². The van der Waals surface area contributed by atoms with Crippen LogP contribution in [-0.4, -0.2) is 30.1 Å². The van der Waals surface area contributed by atoms with Gasteiger partial charge in [0.2, 0.25) is 0 Å². The van der Waals surface area contributed by atoms with Crippen LogP contribution in [0.15, 0.2) is 40.4 Å². The van der Waals surface area contributed by atoms with Crippen molar-refractivity contribution in [3.8, 4) is 11.5 Å². The summed E-state index contributed by atoms with van der Waals surface area (Å²) in [5.74, 6) is -1.58. The molecule has 0 atom stereocenters. The van der Waals surface area contributed by atoms with Crippen LogP contribution in [0.25, 0.3) is 6.08 Å². The number of barbiturate groups is 1. The Morgan fingerprint density at radius 2 is 1.93 bits per heavy atom. The van der Waals surface area contributed by atoms with Gasteiger partial charge in [0.1, 0.15) is 5.57 Å². The second-order valence-corrected chi connectivity index (χ2v) is 7.21. The van der Waals surface area contributed by atoms with Gasteiger partial charge in [0, 0.05) is 5.02 Å². The molecule has 0 radical (unpaired) electrons. The van der Waals surface area contributed by atoms with Crippen molar-refractivity contribution in [2.24, 2.45) is 0 Å². The average molecular weight is 466 g/mol. The lowest BCUT2D eigenvalue weighted by molar-refractivity contribution is -0.122. The van der Waals surface area contributed by atoms with Crippen molar-refractivity contribution in [2.75, 3.05) is 12.0 Å². The van der Waals surface area contributed by atoms with Gasteiger partial charge in [-0.2, -0.15) is 0 Å². The average Bonchev–Trinajstić information content (AvgIpc) is 2.64. The fourth-order valence-corrected chi connectivity index (χ4v) is 3.25. The smallest absolute Gasteiger partial charge is 0.335 e. The Morgan fingerprint density at radius 1 is 1.21 bits per heavy atom. The van der Waals surface area contributed by atoms with Crippen molar-refractivity contribution in [1.82, 2.24) is 5.32 Å². The number of aromatic hydroxyl groups is 1. The molecule has 9 heteroatoms. The highest BCUT2D eigenvalue weighted by atomic mass is 79.9. The van der Waals surface area contributed by atoms with Gasteiger partial charge in [-0.1, -0.05) is 17.7 Å². The summed E-state index contributed by atoms with van der Waals surface area (Å²) >= 11 is 9.28. The van der Waals surface area contributed by atoms with Gasteiger partial charge in [-0.3, -0.25) is 14.9 Å². The molecule has 1 heterocycles. The maximum absolute atomic E-state index is 12.9. The third-order valence-corrected chi connectivity index (χ3v) is 5.11. The molecule has 0 bridgehead atoms. The number of ether oxygens (including phenoxy) is 1. The summed E-state index contributed by atoms with van der Waals surface area (Å²) < 4.78 is 5.39. The Hall–Kier alpha value is -2.84. The van der Waals surface area contributed by atoms with Gasteiger partial charge in [-0.15, -0.1) is 0 Å². The summed E-state index contributed by atoms with van der Waals surface area (Å²) in [5.41, 5.74) is 1.18. The number of methoxy groups -OCH3 is 1. The summed E-state index contributed by atoms with van der Waals surface area (Å²) in [4.78, 5) is 38.2. The summed E-state index contributed by atoms with van der Waals surface area (Å²) in [5, 5.41) is 12.4. The number of halogens is 2. The first kappa shape index (κ1) is 19.9. The van der Waals surface area contributed by atoms with Crippen molar-refractivity contribution in [2.45, 2.75) is 6.92 Å². The lowest BCUT2D eigenvalue weighted by atomic mass is 10.1. The van der Waals surface area contributed by atoms with Gasteiger partial charge in [0.15, 0.2) is 11.5 Å². The van der Waals surface area contributed by atoms with Crippen molar-refractivity contribution in [1.29, 1.82) is 0 Å². The molecule has 2 N–H and O–H groups in total. The highest BCUT2D eigenvalue weighted by Gasteiger charge is 2.37. The lowest BCUT2D eigenvalue weighted by Gasteiger charge is -2.26. The number of hydrogen-bond donors (Lipinski definition) is 2. The molecule has 0 spiro atoms. The second-order valence-electron chi connectivity index (χ2n) is 5.94. The fourth-order valence-electron chi connectivity index (χ4n) is 2.61. The van der Waals surface area contributed by atoms with E-state index in [9.17, 15) is 19.5 Å². The number of amides is 4. The summed E-state index contributed by atoms with van der Waals surface area (Å²) in [7, 11) is 1.37. The van der Waals surface area contributed by atoms with Crippen LogP contribution in [0, 0.1) is 6.92 Å². The first-order chi connectivity index (χ1) is 13.2. The molecule has 0 saturated carbocycles. The van der Waals surface area contributed by atoms with E-state index >= 15 is 0 Å². The van der Waals surface area contributed by atoms with Crippen LogP contribution in [0.1, 0.15) is 11.1 Å². The number of anilines is 1. The summed E-state index contributed by atoms with van der Waals surface area (Å²) in [6, 6.07) is 6.80. The van der Waals surface area contributed by atoms with E-state index in [4.69, 9.17) is 16.3 Å². The van der Waals surface area contributed by atoms with E-state index in [0.29, 0.717) is 15.1 Å².